The Morgan fingerprint density at radius 3 is 2.50 bits per heavy atom. The molecule has 1 spiro atoms. The van der Waals surface area contributed by atoms with Crippen LogP contribution in [0.1, 0.15) is 36.5 Å². The van der Waals surface area contributed by atoms with Crippen molar-refractivity contribution in [1.29, 1.82) is 0 Å². The molecule has 1 atom stereocenters. The smallest absolute Gasteiger partial charge is 0.103 e. The molecule has 6 rings (SSSR count). The van der Waals surface area contributed by atoms with E-state index in [1.165, 1.54) is 38.5 Å². The average molecular weight is 426 g/mol. The van der Waals surface area contributed by atoms with E-state index in [-0.39, 0.29) is 5.41 Å². The van der Waals surface area contributed by atoms with Crippen LogP contribution in [0.4, 0.5) is 0 Å². The minimum Gasteiger partial charge on any atom is -0.634 e. The highest BCUT2D eigenvalue weighted by Crippen LogP contribution is 2.38. The molecule has 164 valence electrons. The normalized spacial score (nSPS) is 20.8. The Balaban J connectivity index is 1.25. The lowest BCUT2D eigenvalue weighted by molar-refractivity contribution is -0.870. The van der Waals surface area contributed by atoms with Gasteiger partial charge in [0.05, 0.1) is 6.54 Å². The van der Waals surface area contributed by atoms with Crippen molar-refractivity contribution in [3.8, 4) is 0 Å². The van der Waals surface area contributed by atoms with Gasteiger partial charge in [0.25, 0.3) is 0 Å². The quantitative estimate of drug-likeness (QED) is 0.498. The maximum atomic E-state index is 12.5. The van der Waals surface area contributed by atoms with Crippen molar-refractivity contribution in [3.63, 3.8) is 0 Å². The molecule has 32 heavy (non-hydrogen) atoms. The molecule has 1 saturated heterocycles. The number of benzene rings is 3. The lowest BCUT2D eigenvalue weighted by Gasteiger charge is -2.47. The Labute approximate surface area is 189 Å². The van der Waals surface area contributed by atoms with E-state index < -0.39 is 0 Å². The van der Waals surface area contributed by atoms with Gasteiger partial charge in [-0.05, 0) is 62.2 Å². The summed E-state index contributed by atoms with van der Waals surface area (Å²) in [4.78, 5) is 2.58. The average Bonchev–Trinajstić information content (AvgIpc) is 3.14. The number of hydrogen-bond acceptors (Lipinski definition) is 2. The van der Waals surface area contributed by atoms with Crippen LogP contribution in [0.3, 0.4) is 0 Å². The van der Waals surface area contributed by atoms with Gasteiger partial charge in [0, 0.05) is 45.9 Å². The van der Waals surface area contributed by atoms with Gasteiger partial charge in [-0.3, -0.25) is 4.90 Å². The highest BCUT2D eigenvalue weighted by atomic mass is 16.5. The van der Waals surface area contributed by atoms with E-state index in [1.54, 1.807) is 0 Å². The van der Waals surface area contributed by atoms with Crippen molar-refractivity contribution in [2.24, 2.45) is 0 Å². The van der Waals surface area contributed by atoms with E-state index >= 15 is 0 Å². The zero-order valence-electron chi connectivity index (χ0n) is 18.8. The minimum atomic E-state index is 0.0565. The second-order valence-corrected chi connectivity index (χ2v) is 9.72. The molecule has 2 aliphatic rings. The van der Waals surface area contributed by atoms with Gasteiger partial charge in [0.1, 0.15) is 6.54 Å². The summed E-state index contributed by atoms with van der Waals surface area (Å²) in [5, 5.41) is 15.6. The molecule has 0 aliphatic carbocycles. The lowest BCUT2D eigenvalue weighted by atomic mass is 9.69. The number of hydrogen-bond donors (Lipinski definition) is 1. The number of nitrogens with one attached hydrogen (secondary N) is 1. The summed E-state index contributed by atoms with van der Waals surface area (Å²) in [6.45, 7) is 7.63. The molecular weight excluding hydrogens is 394 g/mol. The van der Waals surface area contributed by atoms with Crippen LogP contribution >= 0.6 is 0 Å². The largest absolute Gasteiger partial charge is 0.634 e. The van der Waals surface area contributed by atoms with E-state index in [0.717, 1.165) is 45.6 Å². The van der Waals surface area contributed by atoms with Crippen LogP contribution in [0.15, 0.2) is 66.7 Å². The summed E-state index contributed by atoms with van der Waals surface area (Å²) < 4.78 is 2.41. The van der Waals surface area contributed by atoms with Gasteiger partial charge in [0.15, 0.2) is 0 Å². The van der Waals surface area contributed by atoms with E-state index in [2.05, 4.69) is 83.1 Å². The van der Waals surface area contributed by atoms with Gasteiger partial charge >= 0.3 is 0 Å². The Morgan fingerprint density at radius 1 is 0.906 bits per heavy atom. The molecule has 3 heterocycles. The van der Waals surface area contributed by atoms with Crippen molar-refractivity contribution in [2.75, 3.05) is 19.6 Å². The number of para-hydroxylation sites is 1. The summed E-state index contributed by atoms with van der Waals surface area (Å²) in [5.41, 5.74) is 6.78. The Hall–Kier alpha value is -2.66. The molecule has 0 radical (unpaired) electrons. The molecule has 1 N–H and O–H groups in total. The third kappa shape index (κ3) is 3.17. The minimum absolute atomic E-state index is 0.0565. The molecule has 4 aromatic rings. The number of nitrogens with zero attached hydrogens (tertiary/aromatic N) is 2. The van der Waals surface area contributed by atoms with Crippen LogP contribution in [0.25, 0.3) is 21.8 Å². The molecule has 1 aromatic heterocycles. The molecular formula is C28H31N3O. The Bertz CT molecular complexity index is 1280. The highest BCUT2D eigenvalue weighted by molar-refractivity contribution is 6.08. The highest BCUT2D eigenvalue weighted by Gasteiger charge is 2.42. The van der Waals surface area contributed by atoms with Crippen LogP contribution in [-0.2, 0) is 25.0 Å². The number of rotatable bonds is 3. The van der Waals surface area contributed by atoms with Crippen LogP contribution in [0.5, 0.6) is 0 Å². The number of aromatic nitrogens is 1. The van der Waals surface area contributed by atoms with E-state index in [4.69, 9.17) is 0 Å². The predicted molar refractivity (Wildman–Crippen MR) is 131 cm³/mol. The maximum absolute atomic E-state index is 12.5. The molecule has 1 fully saturated rings. The van der Waals surface area contributed by atoms with Gasteiger partial charge < -0.3 is 14.8 Å². The van der Waals surface area contributed by atoms with E-state index in [1.807, 2.05) is 0 Å². The van der Waals surface area contributed by atoms with Crippen molar-refractivity contribution >= 4 is 21.8 Å². The van der Waals surface area contributed by atoms with Crippen LogP contribution < -0.4 is 5.06 Å². The fourth-order valence-electron chi connectivity index (χ4n) is 6.32. The van der Waals surface area contributed by atoms with Gasteiger partial charge in [-0.15, -0.1) is 0 Å². The number of fused-ring (bicyclic) bond motifs is 5. The Kier molecular flexibility index (Phi) is 4.83. The Morgan fingerprint density at radius 2 is 1.66 bits per heavy atom. The summed E-state index contributed by atoms with van der Waals surface area (Å²) in [6, 6.07) is 24.4. The van der Waals surface area contributed by atoms with Gasteiger partial charge in [0.2, 0.25) is 0 Å². The maximum Gasteiger partial charge on any atom is 0.103 e. The third-order valence-corrected chi connectivity index (χ3v) is 7.88. The molecule has 4 heteroatoms. The van der Waals surface area contributed by atoms with Gasteiger partial charge in [-0.25, -0.2) is 0 Å². The summed E-state index contributed by atoms with van der Waals surface area (Å²) in [6.07, 6.45) is 2.15. The van der Waals surface area contributed by atoms with Gasteiger partial charge in [-0.2, -0.15) is 0 Å². The lowest BCUT2D eigenvalue weighted by Crippen LogP contribution is -3.09. The van der Waals surface area contributed by atoms with E-state index in [0.29, 0.717) is 11.6 Å². The van der Waals surface area contributed by atoms with Crippen molar-refractivity contribution in [3.05, 3.63) is 88.6 Å². The standard InChI is InChI=1S/C28H31N3O/c1-2-31-26-10-6-4-8-23(26)24-17-21(11-12-27(24)31)18-29-15-13-28(14-16-29)20-30(32)19-22-7-3-5-9-25(22)28/h3-12,17,30H,2,13-16,18-20H2,1H3. The second-order valence-electron chi connectivity index (χ2n) is 9.72. The fourth-order valence-corrected chi connectivity index (χ4v) is 6.32. The first kappa shape index (κ1) is 20.0. The number of aryl methyl sites for hydroxylation is 1. The summed E-state index contributed by atoms with van der Waals surface area (Å²) in [7, 11) is 0. The number of piperidine rings is 1. The van der Waals surface area contributed by atoms with Crippen LogP contribution in [0, 0.1) is 5.21 Å². The first-order valence-electron chi connectivity index (χ1n) is 12.0. The SMILES string of the molecule is CCn1c2ccccc2c2cc(CN3CCC4(CC3)C[NH+]([O-])Cc3ccccc34)ccc21. The number of likely N-dealkylation sites (tertiary alicyclic amines) is 1. The number of quaternary nitrogens is 1. The molecule has 2 aliphatic heterocycles. The zero-order valence-corrected chi connectivity index (χ0v) is 18.8. The molecule has 3 aromatic carbocycles. The van der Waals surface area contributed by atoms with E-state index in [9.17, 15) is 5.21 Å². The van der Waals surface area contributed by atoms with Crippen LogP contribution in [-0.4, -0.2) is 29.1 Å². The molecule has 0 bridgehead atoms. The van der Waals surface area contributed by atoms with Crippen molar-refractivity contribution in [2.45, 2.75) is 44.8 Å². The topological polar surface area (TPSA) is 35.7 Å². The summed E-state index contributed by atoms with van der Waals surface area (Å²) >= 11 is 0. The number of hydroxylamine groups is 2. The van der Waals surface area contributed by atoms with Crippen LogP contribution in [0.2, 0.25) is 0 Å². The van der Waals surface area contributed by atoms with Crippen molar-refractivity contribution < 1.29 is 5.06 Å². The molecule has 1 unspecified atom stereocenters. The third-order valence-electron chi connectivity index (χ3n) is 7.88. The zero-order chi connectivity index (χ0) is 21.7. The fraction of sp³-hybridized carbons (Fsp3) is 0.357. The predicted octanol–water partition coefficient (Wildman–Crippen LogP) is 4.24. The second kappa shape index (κ2) is 7.73. The van der Waals surface area contributed by atoms with Crippen molar-refractivity contribution in [1.82, 2.24) is 9.47 Å². The summed E-state index contributed by atoms with van der Waals surface area (Å²) in [5.74, 6) is 0. The first-order valence-corrected chi connectivity index (χ1v) is 12.0. The molecule has 0 saturated carbocycles. The first-order chi connectivity index (χ1) is 15.7. The molecule has 0 amide bonds. The molecule has 4 nitrogen and oxygen atoms in total. The van der Waals surface area contributed by atoms with Gasteiger partial charge in [-0.1, -0.05) is 48.5 Å². The monoisotopic (exact) mass is 425 g/mol.